The van der Waals surface area contributed by atoms with E-state index in [9.17, 15) is 22.8 Å². The Morgan fingerprint density at radius 2 is 1.54 bits per heavy atom. The van der Waals surface area contributed by atoms with Crippen LogP contribution in [0.1, 0.15) is 18.4 Å². The maximum Gasteiger partial charge on any atom is 0.416 e. The summed E-state index contributed by atoms with van der Waals surface area (Å²) in [5, 5.41) is -0.0383. The highest BCUT2D eigenvalue weighted by molar-refractivity contribution is 6.36. The number of rotatable bonds is 1. The maximum absolute atomic E-state index is 13.0. The second-order valence-electron chi connectivity index (χ2n) is 6.52. The molecule has 1 saturated heterocycles. The van der Waals surface area contributed by atoms with E-state index in [2.05, 4.69) is 0 Å². The Morgan fingerprint density at radius 3 is 2.00 bits per heavy atom. The van der Waals surface area contributed by atoms with Crippen molar-refractivity contribution < 1.29 is 22.8 Å². The van der Waals surface area contributed by atoms with Crippen LogP contribution >= 0.6 is 11.6 Å². The van der Waals surface area contributed by atoms with Crippen molar-refractivity contribution >= 4 is 29.1 Å². The Hall–Kier alpha value is -1.82. The van der Waals surface area contributed by atoms with E-state index in [1.54, 1.807) is 0 Å². The molecule has 2 amide bonds. The fraction of sp³-hybridized carbons (Fsp3) is 0.412. The number of anilines is 1. The molecule has 0 spiro atoms. The van der Waals surface area contributed by atoms with Gasteiger partial charge in [-0.3, -0.25) is 9.59 Å². The van der Waals surface area contributed by atoms with E-state index >= 15 is 0 Å². The minimum atomic E-state index is -4.57. The third-order valence-electron chi connectivity index (χ3n) is 5.27. The number of carbonyl (C=O) groups is 2. The maximum atomic E-state index is 13.0. The van der Waals surface area contributed by atoms with Gasteiger partial charge >= 0.3 is 6.18 Å². The fourth-order valence-corrected chi connectivity index (χ4v) is 4.37. The Labute approximate surface area is 141 Å². The number of imide groups is 1. The van der Waals surface area contributed by atoms with Gasteiger partial charge in [0.2, 0.25) is 11.8 Å². The van der Waals surface area contributed by atoms with E-state index in [0.29, 0.717) is 0 Å². The van der Waals surface area contributed by atoms with E-state index < -0.39 is 35.4 Å². The largest absolute Gasteiger partial charge is 0.416 e. The van der Waals surface area contributed by atoms with Crippen molar-refractivity contribution in [3.05, 3.63) is 40.9 Å². The molecule has 2 fully saturated rings. The van der Waals surface area contributed by atoms with Crippen LogP contribution in [0.2, 0.25) is 5.02 Å². The summed E-state index contributed by atoms with van der Waals surface area (Å²) in [7, 11) is 0. The number of halogens is 4. The van der Waals surface area contributed by atoms with Gasteiger partial charge in [-0.15, -0.1) is 0 Å². The minimum Gasteiger partial charge on any atom is -0.274 e. The minimum absolute atomic E-state index is 0.0222. The van der Waals surface area contributed by atoms with Crippen LogP contribution in [-0.4, -0.2) is 11.8 Å². The van der Waals surface area contributed by atoms with Crippen LogP contribution in [0.15, 0.2) is 30.4 Å². The van der Waals surface area contributed by atoms with Gasteiger partial charge in [-0.05, 0) is 42.9 Å². The van der Waals surface area contributed by atoms with E-state index in [-0.39, 0.29) is 22.5 Å². The molecule has 2 bridgehead atoms. The molecule has 4 atom stereocenters. The number of nitrogens with zero attached hydrogens (tertiary/aromatic N) is 1. The molecule has 126 valence electrons. The molecule has 1 aliphatic heterocycles. The summed E-state index contributed by atoms with van der Waals surface area (Å²) in [5.74, 6) is -1.88. The van der Waals surface area contributed by atoms with Crippen molar-refractivity contribution in [2.45, 2.75) is 19.0 Å². The third-order valence-corrected chi connectivity index (χ3v) is 5.59. The standard InChI is InChI=1S/C17H13ClF3NO2/c18-11-6-5-10(17(19,20)21)7-12(11)22-15(23)13-8-1-2-9(4-3-8)14(13)16(22)24/h1-2,5-9,13-14H,3-4H2/t8-,9-,13-,14+/m0/s1. The van der Waals surface area contributed by atoms with Crippen molar-refractivity contribution in [2.24, 2.45) is 23.7 Å². The Balaban J connectivity index is 1.78. The van der Waals surface area contributed by atoms with Crippen LogP contribution in [0, 0.1) is 23.7 Å². The molecule has 1 saturated carbocycles. The molecule has 1 aromatic carbocycles. The van der Waals surface area contributed by atoms with E-state index in [0.717, 1.165) is 35.9 Å². The van der Waals surface area contributed by atoms with Gasteiger partial charge in [0.25, 0.3) is 0 Å². The van der Waals surface area contributed by atoms with Crippen LogP contribution in [-0.2, 0) is 15.8 Å². The van der Waals surface area contributed by atoms with Gasteiger partial charge in [0.15, 0.2) is 0 Å². The van der Waals surface area contributed by atoms with Crippen molar-refractivity contribution in [2.75, 3.05) is 4.90 Å². The molecule has 1 heterocycles. The van der Waals surface area contributed by atoms with Crippen molar-refractivity contribution in [3.63, 3.8) is 0 Å². The Morgan fingerprint density at radius 1 is 1.00 bits per heavy atom. The first-order chi connectivity index (χ1) is 11.3. The van der Waals surface area contributed by atoms with Crippen molar-refractivity contribution in [1.29, 1.82) is 0 Å². The Kier molecular flexibility index (Phi) is 3.33. The first-order valence-electron chi connectivity index (χ1n) is 7.72. The topological polar surface area (TPSA) is 37.4 Å². The summed E-state index contributed by atoms with van der Waals surface area (Å²) < 4.78 is 38.9. The number of allylic oxidation sites excluding steroid dienone is 2. The molecule has 1 aromatic rings. The summed E-state index contributed by atoms with van der Waals surface area (Å²) in [6.45, 7) is 0. The lowest BCUT2D eigenvalue weighted by molar-refractivity contribution is -0.137. The molecule has 0 N–H and O–H groups in total. The summed E-state index contributed by atoms with van der Waals surface area (Å²) in [5.41, 5.74) is -1.10. The molecule has 0 aromatic heterocycles. The first kappa shape index (κ1) is 15.7. The van der Waals surface area contributed by atoms with Gasteiger partial charge in [0.1, 0.15) is 0 Å². The predicted octanol–water partition coefficient (Wildman–Crippen LogP) is 4.06. The summed E-state index contributed by atoms with van der Waals surface area (Å²) in [6.07, 6.45) is 0.991. The van der Waals surface area contributed by atoms with E-state index in [4.69, 9.17) is 11.6 Å². The quantitative estimate of drug-likeness (QED) is 0.562. The predicted molar refractivity (Wildman–Crippen MR) is 81.3 cm³/mol. The average molecular weight is 356 g/mol. The molecule has 24 heavy (non-hydrogen) atoms. The van der Waals surface area contributed by atoms with Gasteiger partial charge in [0, 0.05) is 0 Å². The summed E-state index contributed by atoms with van der Waals surface area (Å²) in [4.78, 5) is 26.4. The van der Waals surface area contributed by atoms with Crippen LogP contribution in [0.3, 0.4) is 0 Å². The summed E-state index contributed by atoms with van der Waals surface area (Å²) in [6, 6.07) is 2.70. The summed E-state index contributed by atoms with van der Waals surface area (Å²) >= 11 is 6.01. The third kappa shape index (κ3) is 2.12. The van der Waals surface area contributed by atoms with Crippen LogP contribution in [0.25, 0.3) is 0 Å². The fourth-order valence-electron chi connectivity index (χ4n) is 4.17. The molecule has 0 radical (unpaired) electrons. The zero-order chi connectivity index (χ0) is 17.2. The lowest BCUT2D eigenvalue weighted by atomic mass is 9.63. The zero-order valence-corrected chi connectivity index (χ0v) is 13.1. The normalized spacial score (nSPS) is 31.8. The van der Waals surface area contributed by atoms with Gasteiger partial charge in [-0.1, -0.05) is 23.8 Å². The molecule has 7 heteroatoms. The lowest BCUT2D eigenvalue weighted by Crippen LogP contribution is -2.38. The molecule has 3 nitrogen and oxygen atoms in total. The van der Waals surface area contributed by atoms with Crippen molar-refractivity contribution in [1.82, 2.24) is 0 Å². The number of alkyl halides is 3. The van der Waals surface area contributed by atoms with Crippen LogP contribution in [0.5, 0.6) is 0 Å². The molecular weight excluding hydrogens is 343 g/mol. The highest BCUT2D eigenvalue weighted by Crippen LogP contribution is 2.51. The molecule has 0 unspecified atom stereocenters. The second-order valence-corrected chi connectivity index (χ2v) is 6.92. The highest BCUT2D eigenvalue weighted by atomic mass is 35.5. The van der Waals surface area contributed by atoms with Gasteiger partial charge in [-0.2, -0.15) is 13.2 Å². The number of fused-ring (bicyclic) bond motifs is 1. The zero-order valence-electron chi connectivity index (χ0n) is 12.4. The van der Waals surface area contributed by atoms with Gasteiger partial charge < -0.3 is 0 Å². The molecule has 5 rings (SSSR count). The van der Waals surface area contributed by atoms with Crippen LogP contribution < -0.4 is 4.90 Å². The number of hydrogen-bond acceptors (Lipinski definition) is 2. The lowest BCUT2D eigenvalue weighted by Gasteiger charge is -2.38. The molecule has 3 aliphatic carbocycles. The highest BCUT2D eigenvalue weighted by Gasteiger charge is 2.57. The van der Waals surface area contributed by atoms with E-state index in [1.165, 1.54) is 0 Å². The number of benzene rings is 1. The Bertz CT molecular complexity index is 742. The van der Waals surface area contributed by atoms with Crippen molar-refractivity contribution in [3.8, 4) is 0 Å². The van der Waals surface area contributed by atoms with E-state index in [1.807, 2.05) is 12.2 Å². The SMILES string of the molecule is O=C1[C@@H]2[C@H](C(=O)N1c1cc(C(F)(F)F)ccc1Cl)[C@H]1C=C[C@H]2CC1. The first-order valence-corrected chi connectivity index (χ1v) is 8.09. The second kappa shape index (κ2) is 5.09. The van der Waals surface area contributed by atoms with Crippen LogP contribution in [0.4, 0.5) is 18.9 Å². The number of amides is 2. The average Bonchev–Trinajstić information content (AvgIpc) is 2.82. The monoisotopic (exact) mass is 355 g/mol. The number of hydrogen-bond donors (Lipinski definition) is 0. The molecule has 4 aliphatic rings. The van der Waals surface area contributed by atoms with Gasteiger partial charge in [0.05, 0.1) is 28.1 Å². The molecular formula is C17H13ClF3NO2. The smallest absolute Gasteiger partial charge is 0.274 e. The van der Waals surface area contributed by atoms with Gasteiger partial charge in [-0.25, -0.2) is 4.90 Å². The number of carbonyl (C=O) groups excluding carboxylic acids is 2.